The molecule has 1 aromatic carbocycles. The van der Waals surface area contributed by atoms with Gasteiger partial charge in [0.1, 0.15) is 4.83 Å². The van der Waals surface area contributed by atoms with E-state index in [1.807, 2.05) is 29.2 Å². The molecule has 0 fully saturated rings. The van der Waals surface area contributed by atoms with Gasteiger partial charge in [0.15, 0.2) is 0 Å². The first-order valence-corrected chi connectivity index (χ1v) is 6.38. The molecular weight excluding hydrogens is 295 g/mol. The van der Waals surface area contributed by atoms with Gasteiger partial charge in [0.05, 0.1) is 0 Å². The first kappa shape index (κ1) is 12.9. The van der Waals surface area contributed by atoms with Gasteiger partial charge in [0, 0.05) is 19.6 Å². The lowest BCUT2D eigenvalue weighted by atomic mass is 10.00. The third-order valence-electron chi connectivity index (χ3n) is 2.98. The summed E-state index contributed by atoms with van der Waals surface area (Å²) in [7, 11) is 0. The first-order valence-electron chi connectivity index (χ1n) is 5.47. The van der Waals surface area contributed by atoms with Crippen LogP contribution in [0, 0.1) is 0 Å². The molecule has 5 heteroatoms. The molecule has 1 unspecified atom stereocenters. The fourth-order valence-corrected chi connectivity index (χ4v) is 2.45. The highest BCUT2D eigenvalue weighted by atomic mass is 79.9. The zero-order chi connectivity index (χ0) is 12.5. The number of alkyl halides is 4. The SMILES string of the molecule is FC(F)(F)C(Br)CN1CCc2ccccc2C1. The maximum Gasteiger partial charge on any atom is 0.402 e. The molecule has 2 rings (SSSR count). The predicted molar refractivity (Wildman–Crippen MR) is 64.2 cm³/mol. The summed E-state index contributed by atoms with van der Waals surface area (Å²) in [6.45, 7) is 1.31. The number of hydrogen-bond donors (Lipinski definition) is 0. The molecule has 1 nitrogen and oxygen atoms in total. The van der Waals surface area contributed by atoms with Crippen molar-refractivity contribution >= 4 is 15.9 Å². The highest BCUT2D eigenvalue weighted by molar-refractivity contribution is 9.09. The maximum absolute atomic E-state index is 12.4. The van der Waals surface area contributed by atoms with Crippen LogP contribution in [0.15, 0.2) is 24.3 Å². The van der Waals surface area contributed by atoms with Crippen LogP contribution in [0.4, 0.5) is 13.2 Å². The van der Waals surface area contributed by atoms with Crippen molar-refractivity contribution < 1.29 is 13.2 Å². The molecule has 0 radical (unpaired) electrons. The zero-order valence-corrected chi connectivity index (χ0v) is 10.8. The Morgan fingerprint density at radius 1 is 1.24 bits per heavy atom. The molecule has 1 heterocycles. The van der Waals surface area contributed by atoms with Gasteiger partial charge in [0.2, 0.25) is 0 Å². The summed E-state index contributed by atoms with van der Waals surface area (Å²) in [4.78, 5) is 0.398. The Morgan fingerprint density at radius 2 is 1.88 bits per heavy atom. The van der Waals surface area contributed by atoms with Crippen LogP contribution in [0.3, 0.4) is 0 Å². The van der Waals surface area contributed by atoms with E-state index in [4.69, 9.17) is 0 Å². The van der Waals surface area contributed by atoms with E-state index >= 15 is 0 Å². The summed E-state index contributed by atoms with van der Waals surface area (Å²) in [5.74, 6) is 0. The van der Waals surface area contributed by atoms with Crippen LogP contribution in [0.5, 0.6) is 0 Å². The minimum Gasteiger partial charge on any atom is -0.297 e. The molecule has 1 aliphatic rings. The third-order valence-corrected chi connectivity index (χ3v) is 3.79. The molecule has 1 atom stereocenters. The highest BCUT2D eigenvalue weighted by Gasteiger charge is 2.38. The van der Waals surface area contributed by atoms with Gasteiger partial charge in [-0.1, -0.05) is 40.2 Å². The summed E-state index contributed by atoms with van der Waals surface area (Å²) < 4.78 is 37.3. The minimum absolute atomic E-state index is 0.0117. The molecule has 0 amide bonds. The largest absolute Gasteiger partial charge is 0.402 e. The van der Waals surface area contributed by atoms with E-state index in [1.54, 1.807) is 0 Å². The number of benzene rings is 1. The second kappa shape index (κ2) is 4.98. The Bertz CT molecular complexity index is 392. The molecule has 0 aliphatic carbocycles. The average molecular weight is 308 g/mol. The van der Waals surface area contributed by atoms with E-state index in [0.29, 0.717) is 13.1 Å². The van der Waals surface area contributed by atoms with Gasteiger partial charge < -0.3 is 0 Å². The van der Waals surface area contributed by atoms with Crippen molar-refractivity contribution in [3.63, 3.8) is 0 Å². The lowest BCUT2D eigenvalue weighted by Crippen LogP contribution is -2.40. The van der Waals surface area contributed by atoms with Crippen LogP contribution in [-0.4, -0.2) is 29.0 Å². The van der Waals surface area contributed by atoms with Crippen LogP contribution in [0.2, 0.25) is 0 Å². The molecule has 17 heavy (non-hydrogen) atoms. The summed E-state index contributed by atoms with van der Waals surface area (Å²) in [5, 5.41) is 0. The number of fused-ring (bicyclic) bond motifs is 1. The minimum atomic E-state index is -4.17. The van der Waals surface area contributed by atoms with Gasteiger partial charge in [-0.3, -0.25) is 4.90 Å². The molecule has 0 aromatic heterocycles. The molecule has 1 aliphatic heterocycles. The molecule has 0 bridgehead atoms. The molecule has 0 N–H and O–H groups in total. The number of hydrogen-bond acceptors (Lipinski definition) is 1. The van der Waals surface area contributed by atoms with Crippen molar-refractivity contribution in [2.24, 2.45) is 0 Å². The normalized spacial score (nSPS) is 18.8. The first-order chi connectivity index (χ1) is 7.97. The van der Waals surface area contributed by atoms with Crippen LogP contribution in [-0.2, 0) is 13.0 Å². The van der Waals surface area contributed by atoms with Gasteiger partial charge >= 0.3 is 6.18 Å². The lowest BCUT2D eigenvalue weighted by Gasteiger charge is -2.30. The summed E-state index contributed by atoms with van der Waals surface area (Å²) in [5.41, 5.74) is 2.39. The number of rotatable bonds is 2. The molecular formula is C12H13BrF3N. The van der Waals surface area contributed by atoms with Crippen LogP contribution in [0.25, 0.3) is 0 Å². The molecule has 0 saturated carbocycles. The Kier molecular flexibility index (Phi) is 3.78. The van der Waals surface area contributed by atoms with E-state index in [2.05, 4.69) is 15.9 Å². The standard InChI is InChI=1S/C12H13BrF3N/c13-11(12(14,15)16)8-17-6-5-9-3-1-2-4-10(9)7-17/h1-4,11H,5-8H2. The van der Waals surface area contributed by atoms with E-state index in [9.17, 15) is 13.2 Å². The van der Waals surface area contributed by atoms with Gasteiger partial charge in [-0.05, 0) is 17.5 Å². The van der Waals surface area contributed by atoms with E-state index in [-0.39, 0.29) is 6.54 Å². The number of nitrogens with zero attached hydrogens (tertiary/aromatic N) is 1. The van der Waals surface area contributed by atoms with Gasteiger partial charge in [-0.25, -0.2) is 0 Å². The van der Waals surface area contributed by atoms with Crippen LogP contribution < -0.4 is 0 Å². The molecule has 1 aromatic rings. The van der Waals surface area contributed by atoms with E-state index in [0.717, 1.165) is 12.0 Å². The second-order valence-corrected chi connectivity index (χ2v) is 5.37. The smallest absolute Gasteiger partial charge is 0.297 e. The molecule has 94 valence electrons. The second-order valence-electron chi connectivity index (χ2n) is 4.26. The summed E-state index contributed by atoms with van der Waals surface area (Å²) in [6, 6.07) is 7.93. The summed E-state index contributed by atoms with van der Waals surface area (Å²) in [6.07, 6.45) is -3.34. The molecule has 0 spiro atoms. The number of halogens is 4. The van der Waals surface area contributed by atoms with Crippen molar-refractivity contribution in [3.05, 3.63) is 35.4 Å². The van der Waals surface area contributed by atoms with Crippen molar-refractivity contribution in [1.29, 1.82) is 0 Å². The third kappa shape index (κ3) is 3.22. The zero-order valence-electron chi connectivity index (χ0n) is 9.17. The van der Waals surface area contributed by atoms with Crippen LogP contribution in [0.1, 0.15) is 11.1 Å². The predicted octanol–water partition coefficient (Wildman–Crippen LogP) is 3.37. The topological polar surface area (TPSA) is 3.24 Å². The quantitative estimate of drug-likeness (QED) is 0.757. The van der Waals surface area contributed by atoms with Crippen molar-refractivity contribution in [2.75, 3.05) is 13.1 Å². The van der Waals surface area contributed by atoms with Gasteiger partial charge in [-0.2, -0.15) is 13.2 Å². The van der Waals surface area contributed by atoms with Crippen molar-refractivity contribution in [3.8, 4) is 0 Å². The van der Waals surface area contributed by atoms with Crippen molar-refractivity contribution in [1.82, 2.24) is 4.90 Å². The van der Waals surface area contributed by atoms with E-state index < -0.39 is 11.0 Å². The Morgan fingerprint density at radius 3 is 2.53 bits per heavy atom. The summed E-state index contributed by atoms with van der Waals surface area (Å²) >= 11 is 2.71. The van der Waals surface area contributed by atoms with E-state index in [1.165, 1.54) is 5.56 Å². The van der Waals surface area contributed by atoms with Gasteiger partial charge in [0.25, 0.3) is 0 Å². The maximum atomic E-state index is 12.4. The monoisotopic (exact) mass is 307 g/mol. The van der Waals surface area contributed by atoms with Crippen molar-refractivity contribution in [2.45, 2.75) is 24.0 Å². The molecule has 0 saturated heterocycles. The average Bonchev–Trinajstić information content (AvgIpc) is 2.27. The highest BCUT2D eigenvalue weighted by Crippen LogP contribution is 2.28. The van der Waals surface area contributed by atoms with Crippen LogP contribution >= 0.6 is 15.9 Å². The van der Waals surface area contributed by atoms with Gasteiger partial charge in [-0.15, -0.1) is 0 Å². The Balaban J connectivity index is 1.99. The Hall–Kier alpha value is -0.550. The lowest BCUT2D eigenvalue weighted by molar-refractivity contribution is -0.130. The fourth-order valence-electron chi connectivity index (χ4n) is 2.04. The fraction of sp³-hybridized carbons (Fsp3) is 0.500. The Labute approximate surface area is 107 Å².